The van der Waals surface area contributed by atoms with E-state index in [9.17, 15) is 9.59 Å². The summed E-state index contributed by atoms with van der Waals surface area (Å²) in [6, 6.07) is 8.56. The van der Waals surface area contributed by atoms with Crippen LogP contribution in [0.1, 0.15) is 24.4 Å². The molecule has 1 aliphatic rings. The van der Waals surface area contributed by atoms with Gasteiger partial charge >= 0.3 is 5.97 Å². The maximum atomic E-state index is 12.2. The molecule has 2 atom stereocenters. The van der Waals surface area contributed by atoms with Crippen LogP contribution < -0.4 is 5.73 Å². The number of carbonyl (C=O) groups is 2. The minimum Gasteiger partial charge on any atom is -0.481 e. The first-order chi connectivity index (χ1) is 9.08. The van der Waals surface area contributed by atoms with Crippen molar-refractivity contribution in [1.29, 1.82) is 0 Å². The van der Waals surface area contributed by atoms with Crippen LogP contribution in [0.15, 0.2) is 30.3 Å². The average molecular weight is 262 g/mol. The second-order valence-corrected chi connectivity index (χ2v) is 4.93. The molecule has 1 aromatic rings. The van der Waals surface area contributed by atoms with Gasteiger partial charge in [0.15, 0.2) is 0 Å². The van der Waals surface area contributed by atoms with Crippen LogP contribution in [-0.4, -0.2) is 35.0 Å². The van der Waals surface area contributed by atoms with Crippen LogP contribution >= 0.6 is 0 Å². The topological polar surface area (TPSA) is 83.6 Å². The van der Waals surface area contributed by atoms with Crippen molar-refractivity contribution in [2.45, 2.75) is 18.9 Å². The lowest BCUT2D eigenvalue weighted by Gasteiger charge is -2.21. The van der Waals surface area contributed by atoms with Crippen LogP contribution in [0.4, 0.5) is 0 Å². The third-order valence-electron chi connectivity index (χ3n) is 3.49. The Morgan fingerprint density at radius 3 is 2.68 bits per heavy atom. The molecule has 2 unspecified atom stereocenters. The normalized spacial score (nSPS) is 20.3. The SMILES string of the molecule is NC(C(=O)N1CCC(CC(=O)O)C1)c1ccccc1. The molecule has 5 heteroatoms. The number of benzene rings is 1. The molecular weight excluding hydrogens is 244 g/mol. The zero-order valence-corrected chi connectivity index (χ0v) is 10.7. The minimum absolute atomic E-state index is 0.0458. The predicted octanol–water partition coefficient (Wildman–Crippen LogP) is 1.01. The standard InChI is InChI=1S/C14H18N2O3/c15-13(11-4-2-1-3-5-11)14(19)16-7-6-10(9-16)8-12(17)18/h1-5,10,13H,6-9,15H2,(H,17,18). The number of rotatable bonds is 4. The van der Waals surface area contributed by atoms with E-state index in [4.69, 9.17) is 10.8 Å². The Kier molecular flexibility index (Phi) is 4.16. The molecule has 102 valence electrons. The summed E-state index contributed by atoms with van der Waals surface area (Å²) in [4.78, 5) is 24.6. The van der Waals surface area contributed by atoms with Crippen molar-refractivity contribution >= 4 is 11.9 Å². The van der Waals surface area contributed by atoms with Crippen molar-refractivity contribution in [3.8, 4) is 0 Å². The maximum Gasteiger partial charge on any atom is 0.303 e. The van der Waals surface area contributed by atoms with E-state index >= 15 is 0 Å². The lowest BCUT2D eigenvalue weighted by Crippen LogP contribution is -2.37. The van der Waals surface area contributed by atoms with Gasteiger partial charge < -0.3 is 15.7 Å². The summed E-state index contributed by atoms with van der Waals surface area (Å²) in [7, 11) is 0. The van der Waals surface area contributed by atoms with E-state index in [1.807, 2.05) is 30.3 Å². The highest BCUT2D eigenvalue weighted by Crippen LogP contribution is 2.22. The van der Waals surface area contributed by atoms with Crippen molar-refractivity contribution < 1.29 is 14.7 Å². The molecule has 1 amide bonds. The minimum atomic E-state index is -0.813. The number of amides is 1. The van der Waals surface area contributed by atoms with E-state index in [-0.39, 0.29) is 18.2 Å². The number of carbonyl (C=O) groups excluding carboxylic acids is 1. The molecular formula is C14H18N2O3. The molecule has 1 aromatic carbocycles. The Bertz CT molecular complexity index is 461. The number of hydrogen-bond acceptors (Lipinski definition) is 3. The van der Waals surface area contributed by atoms with Gasteiger partial charge in [0.25, 0.3) is 0 Å². The fourth-order valence-electron chi connectivity index (χ4n) is 2.45. The van der Waals surface area contributed by atoms with E-state index in [1.165, 1.54) is 0 Å². The lowest BCUT2D eigenvalue weighted by atomic mass is 10.1. The Hall–Kier alpha value is -1.88. The van der Waals surface area contributed by atoms with Crippen LogP contribution in [0.5, 0.6) is 0 Å². The third-order valence-corrected chi connectivity index (χ3v) is 3.49. The highest BCUT2D eigenvalue weighted by molar-refractivity contribution is 5.83. The number of likely N-dealkylation sites (tertiary alicyclic amines) is 1. The van der Waals surface area contributed by atoms with Gasteiger partial charge in [-0.2, -0.15) is 0 Å². The van der Waals surface area contributed by atoms with Crippen molar-refractivity contribution in [3.05, 3.63) is 35.9 Å². The highest BCUT2D eigenvalue weighted by atomic mass is 16.4. The molecule has 0 aromatic heterocycles. The monoisotopic (exact) mass is 262 g/mol. The highest BCUT2D eigenvalue weighted by Gasteiger charge is 2.30. The van der Waals surface area contributed by atoms with Gasteiger partial charge in [0.05, 0.1) is 0 Å². The molecule has 19 heavy (non-hydrogen) atoms. The molecule has 0 saturated carbocycles. The molecule has 2 rings (SSSR count). The molecule has 1 fully saturated rings. The largest absolute Gasteiger partial charge is 0.481 e. The molecule has 0 bridgehead atoms. The number of aliphatic carboxylic acids is 1. The van der Waals surface area contributed by atoms with Crippen LogP contribution in [0, 0.1) is 5.92 Å². The number of nitrogens with two attached hydrogens (primary N) is 1. The molecule has 0 aliphatic carbocycles. The first-order valence-electron chi connectivity index (χ1n) is 6.39. The Balaban J connectivity index is 1.96. The fraction of sp³-hybridized carbons (Fsp3) is 0.429. The summed E-state index contributed by atoms with van der Waals surface area (Å²) in [6.45, 7) is 1.09. The first kappa shape index (κ1) is 13.5. The van der Waals surface area contributed by atoms with E-state index in [2.05, 4.69) is 0 Å². The molecule has 5 nitrogen and oxygen atoms in total. The van der Waals surface area contributed by atoms with Gasteiger partial charge in [-0.05, 0) is 17.9 Å². The summed E-state index contributed by atoms with van der Waals surface area (Å²) in [5.74, 6) is -0.893. The number of hydrogen-bond donors (Lipinski definition) is 2. The summed E-state index contributed by atoms with van der Waals surface area (Å²) in [5.41, 5.74) is 6.74. The summed E-state index contributed by atoms with van der Waals surface area (Å²) in [6.07, 6.45) is 0.851. The Morgan fingerprint density at radius 2 is 2.05 bits per heavy atom. The number of carboxylic acids is 1. The second-order valence-electron chi connectivity index (χ2n) is 4.93. The van der Waals surface area contributed by atoms with Gasteiger partial charge in [-0.1, -0.05) is 30.3 Å². The number of nitrogens with zero attached hydrogens (tertiary/aromatic N) is 1. The molecule has 1 heterocycles. The Labute approximate surface area is 112 Å². The zero-order valence-electron chi connectivity index (χ0n) is 10.7. The Morgan fingerprint density at radius 1 is 1.37 bits per heavy atom. The molecule has 0 radical (unpaired) electrons. The van der Waals surface area contributed by atoms with Crippen molar-refractivity contribution in [2.24, 2.45) is 11.7 Å². The van der Waals surface area contributed by atoms with Crippen molar-refractivity contribution in [1.82, 2.24) is 4.90 Å². The third kappa shape index (κ3) is 3.32. The smallest absolute Gasteiger partial charge is 0.303 e. The van der Waals surface area contributed by atoms with Gasteiger partial charge in [0.2, 0.25) is 5.91 Å². The molecule has 3 N–H and O–H groups in total. The van der Waals surface area contributed by atoms with Gasteiger partial charge in [0, 0.05) is 19.5 Å². The van der Waals surface area contributed by atoms with Crippen LogP contribution in [0.25, 0.3) is 0 Å². The van der Waals surface area contributed by atoms with Crippen LogP contribution in [0.3, 0.4) is 0 Å². The van der Waals surface area contributed by atoms with Gasteiger partial charge in [-0.3, -0.25) is 9.59 Å². The average Bonchev–Trinajstić information content (AvgIpc) is 2.85. The summed E-state index contributed by atoms with van der Waals surface area (Å²) in [5, 5.41) is 8.76. The first-order valence-corrected chi connectivity index (χ1v) is 6.39. The van der Waals surface area contributed by atoms with E-state index in [0.717, 1.165) is 12.0 Å². The lowest BCUT2D eigenvalue weighted by molar-refractivity contribution is -0.138. The maximum absolute atomic E-state index is 12.2. The summed E-state index contributed by atoms with van der Waals surface area (Å²) < 4.78 is 0. The number of carboxylic acid groups (broad SMARTS) is 1. The molecule has 1 saturated heterocycles. The molecule has 0 spiro atoms. The predicted molar refractivity (Wildman–Crippen MR) is 70.3 cm³/mol. The van der Waals surface area contributed by atoms with Crippen molar-refractivity contribution in [3.63, 3.8) is 0 Å². The van der Waals surface area contributed by atoms with Gasteiger partial charge in [-0.25, -0.2) is 0 Å². The van der Waals surface area contributed by atoms with Gasteiger partial charge in [0.1, 0.15) is 6.04 Å². The van der Waals surface area contributed by atoms with Gasteiger partial charge in [-0.15, -0.1) is 0 Å². The zero-order chi connectivity index (χ0) is 13.8. The summed E-state index contributed by atoms with van der Waals surface area (Å²) >= 11 is 0. The van der Waals surface area contributed by atoms with E-state index < -0.39 is 12.0 Å². The second kappa shape index (κ2) is 5.84. The fourth-order valence-corrected chi connectivity index (χ4v) is 2.45. The van der Waals surface area contributed by atoms with Crippen LogP contribution in [0.2, 0.25) is 0 Å². The quantitative estimate of drug-likeness (QED) is 0.848. The van der Waals surface area contributed by atoms with E-state index in [1.54, 1.807) is 4.90 Å². The van der Waals surface area contributed by atoms with E-state index in [0.29, 0.717) is 13.1 Å². The molecule has 1 aliphatic heterocycles. The van der Waals surface area contributed by atoms with Crippen molar-refractivity contribution in [2.75, 3.05) is 13.1 Å². The van der Waals surface area contributed by atoms with Crippen LogP contribution in [-0.2, 0) is 9.59 Å².